The van der Waals surface area contributed by atoms with Crippen LogP contribution in [-0.4, -0.2) is 20.7 Å². The maximum absolute atomic E-state index is 13.3. The maximum atomic E-state index is 13.3. The molecule has 0 aliphatic heterocycles. The van der Waals surface area contributed by atoms with E-state index in [1.165, 1.54) is 51.4 Å². The molecule has 0 spiro atoms. The molecule has 0 aromatic carbocycles. The summed E-state index contributed by atoms with van der Waals surface area (Å²) in [5.74, 6) is 4.84. The molecule has 0 saturated heterocycles. The van der Waals surface area contributed by atoms with Crippen molar-refractivity contribution in [3.63, 3.8) is 0 Å². The fraction of sp³-hybridized carbons (Fsp3) is 0.846. The molecular formula is C26H40N2O2. The van der Waals surface area contributed by atoms with E-state index in [4.69, 9.17) is 0 Å². The van der Waals surface area contributed by atoms with E-state index in [2.05, 4.69) is 25.9 Å². The molecule has 4 fully saturated rings. The average molecular weight is 413 g/mol. The van der Waals surface area contributed by atoms with Gasteiger partial charge in [-0.2, -0.15) is 5.10 Å². The predicted octanol–water partition coefficient (Wildman–Crippen LogP) is 5.24. The topological polar surface area (TPSA) is 55.1 Å². The van der Waals surface area contributed by atoms with Gasteiger partial charge in [0, 0.05) is 17.7 Å². The van der Waals surface area contributed by atoms with Crippen molar-refractivity contribution >= 4 is 5.78 Å². The number of rotatable bonds is 4. The fourth-order valence-corrected chi connectivity index (χ4v) is 8.85. The highest BCUT2D eigenvalue weighted by molar-refractivity contribution is 5.82. The number of aliphatic hydroxyl groups is 1. The highest BCUT2D eigenvalue weighted by Gasteiger charge is 2.60. The molecule has 4 heteroatoms. The van der Waals surface area contributed by atoms with E-state index in [0.29, 0.717) is 17.7 Å². The van der Waals surface area contributed by atoms with E-state index < -0.39 is 0 Å². The molecule has 4 nitrogen and oxygen atoms in total. The number of Topliss-reactive ketones (excluding diaryl/α,β-unsaturated/α-hetero) is 1. The van der Waals surface area contributed by atoms with E-state index in [-0.39, 0.29) is 17.9 Å². The molecule has 4 saturated carbocycles. The number of aliphatic hydroxyl groups excluding tert-OH is 1. The first-order valence-corrected chi connectivity index (χ1v) is 12.5. The smallest absolute Gasteiger partial charge is 0.157 e. The quantitative estimate of drug-likeness (QED) is 0.736. The first-order valence-electron chi connectivity index (χ1n) is 12.5. The summed E-state index contributed by atoms with van der Waals surface area (Å²) in [6.07, 6.45) is 15.5. The summed E-state index contributed by atoms with van der Waals surface area (Å²) in [5, 5.41) is 13.6. The molecule has 1 aromatic heterocycles. The highest BCUT2D eigenvalue weighted by Crippen LogP contribution is 2.67. The summed E-state index contributed by atoms with van der Waals surface area (Å²) in [7, 11) is 0. The highest BCUT2D eigenvalue weighted by atomic mass is 16.3. The monoisotopic (exact) mass is 412 g/mol. The molecular weight excluding hydrogens is 372 g/mol. The van der Waals surface area contributed by atoms with Gasteiger partial charge in [0.1, 0.15) is 0 Å². The molecule has 4 aliphatic carbocycles. The second kappa shape index (κ2) is 7.46. The Morgan fingerprint density at radius 1 is 1.10 bits per heavy atom. The largest absolute Gasteiger partial charge is 0.392 e. The van der Waals surface area contributed by atoms with Gasteiger partial charge >= 0.3 is 0 Å². The summed E-state index contributed by atoms with van der Waals surface area (Å²) in [6, 6.07) is 0. The Balaban J connectivity index is 1.33. The molecule has 0 bridgehead atoms. The van der Waals surface area contributed by atoms with Crippen LogP contribution in [0.15, 0.2) is 12.4 Å². The number of aromatic nitrogens is 2. The van der Waals surface area contributed by atoms with Crippen molar-refractivity contribution < 1.29 is 9.90 Å². The Hall–Kier alpha value is -1.16. The van der Waals surface area contributed by atoms with Crippen molar-refractivity contribution in [1.29, 1.82) is 0 Å². The minimum Gasteiger partial charge on any atom is -0.392 e. The van der Waals surface area contributed by atoms with Crippen molar-refractivity contribution in [3.8, 4) is 0 Å². The lowest BCUT2D eigenvalue weighted by molar-refractivity contribution is -0.137. The lowest BCUT2D eigenvalue weighted by atomic mass is 9.44. The van der Waals surface area contributed by atoms with Crippen molar-refractivity contribution in [2.45, 2.75) is 91.7 Å². The van der Waals surface area contributed by atoms with Gasteiger partial charge in [0.25, 0.3) is 0 Å². The summed E-state index contributed by atoms with van der Waals surface area (Å²) < 4.78 is 1.73. The van der Waals surface area contributed by atoms with Crippen molar-refractivity contribution in [2.75, 3.05) is 0 Å². The summed E-state index contributed by atoms with van der Waals surface area (Å²) in [4.78, 5) is 13.3. The van der Waals surface area contributed by atoms with Crippen molar-refractivity contribution in [2.24, 2.45) is 46.3 Å². The summed E-state index contributed by atoms with van der Waals surface area (Å²) in [6.45, 7) is 7.89. The Labute approximate surface area is 181 Å². The van der Waals surface area contributed by atoms with E-state index in [1.807, 2.05) is 6.20 Å². The first-order chi connectivity index (χ1) is 14.3. The molecule has 4 aliphatic rings. The van der Waals surface area contributed by atoms with Crippen LogP contribution in [0, 0.1) is 46.3 Å². The van der Waals surface area contributed by atoms with Crippen molar-refractivity contribution in [3.05, 3.63) is 18.0 Å². The zero-order valence-electron chi connectivity index (χ0n) is 19.1. The van der Waals surface area contributed by atoms with Gasteiger partial charge in [-0.15, -0.1) is 0 Å². The Bertz CT molecular complexity index is 803. The van der Waals surface area contributed by atoms with Crippen LogP contribution in [0.4, 0.5) is 0 Å². The number of carbonyl (C=O) groups is 1. The molecule has 5 rings (SSSR count). The van der Waals surface area contributed by atoms with E-state index in [9.17, 15) is 9.90 Å². The Morgan fingerprint density at radius 3 is 2.63 bits per heavy atom. The molecule has 7 unspecified atom stereocenters. The van der Waals surface area contributed by atoms with Gasteiger partial charge in [0.2, 0.25) is 0 Å². The number of hydrogen-bond donors (Lipinski definition) is 1. The molecule has 166 valence electrons. The Morgan fingerprint density at radius 2 is 1.87 bits per heavy atom. The standard InChI is InChI=1S/C26H40N2O2/c1-17-8-10-25(2)19(12-17)4-5-20-21-6-7-23(26(21,3)11-9-22(20)25)24(30)15-28-14-18(16-29)13-27-28/h13-14,17,19-23,29H,4-12,15-16H2,1-3H3/t17?,19?,20?,21?,22?,23-,25?,26?/m1/s1. The third-order valence-corrected chi connectivity index (χ3v) is 10.5. The summed E-state index contributed by atoms with van der Waals surface area (Å²) >= 11 is 0. The van der Waals surface area contributed by atoms with Crippen LogP contribution in [-0.2, 0) is 17.9 Å². The lowest BCUT2D eigenvalue weighted by Gasteiger charge is -2.61. The zero-order valence-corrected chi connectivity index (χ0v) is 19.1. The van der Waals surface area contributed by atoms with Gasteiger partial charge in [0.15, 0.2) is 5.78 Å². The van der Waals surface area contributed by atoms with Crippen LogP contribution in [0.25, 0.3) is 0 Å². The number of ketones is 1. The molecule has 0 radical (unpaired) electrons. The van der Waals surface area contributed by atoms with E-state index in [1.54, 1.807) is 10.9 Å². The van der Waals surface area contributed by atoms with Crippen LogP contribution in [0.1, 0.15) is 84.1 Å². The normalized spacial score (nSPS) is 45.5. The maximum Gasteiger partial charge on any atom is 0.157 e. The second-order valence-corrected chi connectivity index (χ2v) is 11.9. The lowest BCUT2D eigenvalue weighted by Crippen LogP contribution is -2.53. The number of hydrogen-bond acceptors (Lipinski definition) is 3. The molecule has 1 heterocycles. The van der Waals surface area contributed by atoms with Gasteiger partial charge < -0.3 is 5.11 Å². The summed E-state index contributed by atoms with van der Waals surface area (Å²) in [5.41, 5.74) is 1.51. The number of fused-ring (bicyclic) bond motifs is 5. The van der Waals surface area contributed by atoms with E-state index >= 15 is 0 Å². The van der Waals surface area contributed by atoms with Gasteiger partial charge in [-0.1, -0.05) is 27.2 Å². The molecule has 1 N–H and O–H groups in total. The van der Waals surface area contributed by atoms with Gasteiger partial charge in [-0.25, -0.2) is 0 Å². The molecule has 8 atom stereocenters. The fourth-order valence-electron chi connectivity index (χ4n) is 8.85. The second-order valence-electron chi connectivity index (χ2n) is 11.9. The first kappa shape index (κ1) is 20.7. The third kappa shape index (κ3) is 3.12. The van der Waals surface area contributed by atoms with Gasteiger partial charge in [0.05, 0.1) is 19.3 Å². The third-order valence-electron chi connectivity index (χ3n) is 10.5. The minimum atomic E-state index is -0.0149. The molecule has 0 amide bonds. The number of nitrogens with zero attached hydrogens (tertiary/aromatic N) is 2. The van der Waals surface area contributed by atoms with Crippen LogP contribution >= 0.6 is 0 Å². The van der Waals surface area contributed by atoms with Crippen LogP contribution in [0.5, 0.6) is 0 Å². The van der Waals surface area contributed by atoms with Gasteiger partial charge in [-0.3, -0.25) is 9.48 Å². The predicted molar refractivity (Wildman–Crippen MR) is 118 cm³/mol. The van der Waals surface area contributed by atoms with Gasteiger partial charge in [-0.05, 0) is 91.8 Å². The zero-order chi connectivity index (χ0) is 21.1. The molecule has 1 aromatic rings. The number of carbonyl (C=O) groups excluding carboxylic acids is 1. The van der Waals surface area contributed by atoms with E-state index in [0.717, 1.165) is 41.6 Å². The van der Waals surface area contributed by atoms with Crippen molar-refractivity contribution in [1.82, 2.24) is 9.78 Å². The average Bonchev–Trinajstić information content (AvgIpc) is 3.32. The Kier molecular flexibility index (Phi) is 5.16. The minimum absolute atomic E-state index is 0.0149. The van der Waals surface area contributed by atoms with Crippen LogP contribution in [0.3, 0.4) is 0 Å². The SMILES string of the molecule is CC1CCC2(C)C(CCC3C2CCC2(C)C3CC[C@@H]2C(=O)Cn2cc(CO)cn2)C1. The van der Waals surface area contributed by atoms with Crippen LogP contribution in [0.2, 0.25) is 0 Å². The van der Waals surface area contributed by atoms with Crippen LogP contribution < -0.4 is 0 Å². The molecule has 30 heavy (non-hydrogen) atoms.